The molecule has 0 bridgehead atoms. The molecule has 4 heteroatoms. The fourth-order valence-corrected chi connectivity index (χ4v) is 4.08. The SMILES string of the molecule is N#Cc1cc(-c2ccc(C#Cc3ccc(F)cc3)cc2)c(-c2ccc(C#Cc3ccc(F)cc3)cc2)cc1C#N. The number of halogens is 2. The van der Waals surface area contributed by atoms with Gasteiger partial charge in [-0.05, 0) is 107 Å². The highest BCUT2D eigenvalue weighted by molar-refractivity contribution is 5.86. The van der Waals surface area contributed by atoms with Gasteiger partial charge in [0.1, 0.15) is 23.8 Å². The van der Waals surface area contributed by atoms with Crippen molar-refractivity contribution in [2.24, 2.45) is 0 Å². The molecule has 0 fully saturated rings. The first-order valence-corrected chi connectivity index (χ1v) is 12.3. The van der Waals surface area contributed by atoms with Gasteiger partial charge in [0.2, 0.25) is 0 Å². The van der Waals surface area contributed by atoms with Crippen molar-refractivity contribution in [3.8, 4) is 58.1 Å². The van der Waals surface area contributed by atoms with Crippen LogP contribution < -0.4 is 0 Å². The van der Waals surface area contributed by atoms with Crippen LogP contribution >= 0.6 is 0 Å². The van der Waals surface area contributed by atoms with E-state index in [1.165, 1.54) is 24.3 Å². The quantitative estimate of drug-likeness (QED) is 0.224. The van der Waals surface area contributed by atoms with Gasteiger partial charge in [0.05, 0.1) is 11.1 Å². The van der Waals surface area contributed by atoms with Crippen LogP contribution in [0.2, 0.25) is 0 Å². The van der Waals surface area contributed by atoms with E-state index in [1.807, 2.05) is 48.5 Å². The summed E-state index contributed by atoms with van der Waals surface area (Å²) < 4.78 is 26.3. The lowest BCUT2D eigenvalue weighted by atomic mass is 9.90. The summed E-state index contributed by atoms with van der Waals surface area (Å²) in [6.07, 6.45) is 0. The minimum atomic E-state index is -0.308. The van der Waals surface area contributed by atoms with Crippen molar-refractivity contribution in [3.05, 3.63) is 154 Å². The summed E-state index contributed by atoms with van der Waals surface area (Å²) in [6.45, 7) is 0. The predicted octanol–water partition coefficient (Wildman–Crippen LogP) is 7.84. The third kappa shape index (κ3) is 5.96. The van der Waals surface area contributed by atoms with E-state index in [0.29, 0.717) is 22.3 Å². The third-order valence-electron chi connectivity index (χ3n) is 6.18. The van der Waals surface area contributed by atoms with Gasteiger partial charge in [-0.1, -0.05) is 47.9 Å². The lowest BCUT2D eigenvalue weighted by Gasteiger charge is -2.12. The molecule has 0 spiro atoms. The molecule has 0 aliphatic rings. The number of nitrogens with zero attached hydrogens (tertiary/aromatic N) is 2. The van der Waals surface area contributed by atoms with Crippen molar-refractivity contribution in [2.45, 2.75) is 0 Å². The molecule has 2 nitrogen and oxygen atoms in total. The van der Waals surface area contributed by atoms with E-state index in [4.69, 9.17) is 0 Å². The summed E-state index contributed by atoms with van der Waals surface area (Å²) in [5, 5.41) is 19.3. The standard InChI is InChI=1S/C36H18F2N2/c37-33-17-9-27(10-18-33)3-1-25-5-13-29(14-6-25)35-21-31(23-39)32(24-40)22-36(35)30-15-7-26(8-16-30)2-4-28-11-19-34(38)20-12-28/h5-22H. The minimum absolute atomic E-state index is 0.295. The second kappa shape index (κ2) is 11.6. The summed E-state index contributed by atoms with van der Waals surface area (Å²) >= 11 is 0. The van der Waals surface area contributed by atoms with Gasteiger partial charge < -0.3 is 0 Å². The Hall–Kier alpha value is -5.94. The van der Waals surface area contributed by atoms with Crippen LogP contribution in [0.4, 0.5) is 8.78 Å². The summed E-state index contributed by atoms with van der Waals surface area (Å²) in [7, 11) is 0. The zero-order chi connectivity index (χ0) is 27.9. The molecule has 0 heterocycles. The maximum absolute atomic E-state index is 13.1. The summed E-state index contributed by atoms with van der Waals surface area (Å²) in [5.41, 5.74) is 6.92. The number of hydrogen-bond acceptors (Lipinski definition) is 2. The first-order valence-electron chi connectivity index (χ1n) is 12.3. The lowest BCUT2D eigenvalue weighted by Crippen LogP contribution is -1.92. The highest BCUT2D eigenvalue weighted by Gasteiger charge is 2.13. The molecule has 0 N–H and O–H groups in total. The van der Waals surface area contributed by atoms with E-state index in [0.717, 1.165) is 33.4 Å². The van der Waals surface area contributed by atoms with Gasteiger partial charge in [-0.15, -0.1) is 0 Å². The average molecular weight is 517 g/mol. The normalized spacial score (nSPS) is 9.80. The van der Waals surface area contributed by atoms with Crippen LogP contribution in [0.3, 0.4) is 0 Å². The van der Waals surface area contributed by atoms with E-state index >= 15 is 0 Å². The van der Waals surface area contributed by atoms with Crippen molar-refractivity contribution in [1.29, 1.82) is 10.5 Å². The summed E-state index contributed by atoms with van der Waals surface area (Å²) in [6, 6.07) is 34.9. The summed E-state index contributed by atoms with van der Waals surface area (Å²) in [5.74, 6) is 11.6. The summed E-state index contributed by atoms with van der Waals surface area (Å²) in [4.78, 5) is 0. The first kappa shape index (κ1) is 25.7. The molecule has 5 aromatic rings. The Kier molecular flexibility index (Phi) is 7.47. The van der Waals surface area contributed by atoms with Crippen molar-refractivity contribution in [3.63, 3.8) is 0 Å². The van der Waals surface area contributed by atoms with Crippen LogP contribution in [-0.2, 0) is 0 Å². The van der Waals surface area contributed by atoms with Gasteiger partial charge >= 0.3 is 0 Å². The van der Waals surface area contributed by atoms with Gasteiger partial charge in [0.15, 0.2) is 0 Å². The Balaban J connectivity index is 1.48. The van der Waals surface area contributed by atoms with Crippen molar-refractivity contribution in [1.82, 2.24) is 0 Å². The third-order valence-corrected chi connectivity index (χ3v) is 6.18. The molecule has 0 aromatic heterocycles. The van der Waals surface area contributed by atoms with Crippen molar-refractivity contribution < 1.29 is 8.78 Å². The number of benzene rings is 5. The van der Waals surface area contributed by atoms with Gasteiger partial charge in [-0.25, -0.2) is 8.78 Å². The van der Waals surface area contributed by atoms with E-state index in [9.17, 15) is 19.3 Å². The molecule has 186 valence electrons. The Morgan fingerprint density at radius 2 is 0.675 bits per heavy atom. The van der Waals surface area contributed by atoms with Crippen LogP contribution in [0.1, 0.15) is 33.4 Å². The van der Waals surface area contributed by atoms with E-state index in [1.54, 1.807) is 36.4 Å². The largest absolute Gasteiger partial charge is 0.207 e. The highest BCUT2D eigenvalue weighted by Crippen LogP contribution is 2.35. The number of hydrogen-bond donors (Lipinski definition) is 0. The molecule has 5 aromatic carbocycles. The van der Waals surface area contributed by atoms with E-state index < -0.39 is 0 Å². The molecule has 0 radical (unpaired) electrons. The second-order valence-corrected chi connectivity index (χ2v) is 8.84. The number of rotatable bonds is 2. The monoisotopic (exact) mass is 516 g/mol. The van der Waals surface area contributed by atoms with E-state index in [-0.39, 0.29) is 11.6 Å². The molecule has 0 saturated carbocycles. The van der Waals surface area contributed by atoms with Crippen LogP contribution in [0.25, 0.3) is 22.3 Å². The number of nitriles is 2. The van der Waals surface area contributed by atoms with Crippen molar-refractivity contribution in [2.75, 3.05) is 0 Å². The first-order chi connectivity index (χ1) is 19.5. The fraction of sp³-hybridized carbons (Fsp3) is 0. The maximum Gasteiger partial charge on any atom is 0.123 e. The molecule has 5 rings (SSSR count). The smallest absolute Gasteiger partial charge is 0.123 e. The molecule has 0 amide bonds. The molecule has 40 heavy (non-hydrogen) atoms. The Bertz CT molecular complexity index is 1760. The predicted molar refractivity (Wildman–Crippen MR) is 152 cm³/mol. The van der Waals surface area contributed by atoms with Crippen LogP contribution in [0.15, 0.2) is 109 Å². The Morgan fingerprint density at radius 3 is 0.950 bits per heavy atom. The molecule has 0 atom stereocenters. The molecular weight excluding hydrogens is 498 g/mol. The second-order valence-electron chi connectivity index (χ2n) is 8.84. The van der Waals surface area contributed by atoms with Crippen LogP contribution in [-0.4, -0.2) is 0 Å². The van der Waals surface area contributed by atoms with Crippen LogP contribution in [0.5, 0.6) is 0 Å². The Labute approximate surface area is 231 Å². The van der Waals surface area contributed by atoms with Gasteiger partial charge in [0.25, 0.3) is 0 Å². The molecule has 0 saturated heterocycles. The molecule has 0 unspecified atom stereocenters. The lowest BCUT2D eigenvalue weighted by molar-refractivity contribution is 0.627. The zero-order valence-electron chi connectivity index (χ0n) is 21.0. The van der Waals surface area contributed by atoms with Gasteiger partial charge in [-0.3, -0.25) is 0 Å². The molecule has 0 aliphatic heterocycles. The van der Waals surface area contributed by atoms with Crippen LogP contribution in [0, 0.1) is 58.0 Å². The maximum atomic E-state index is 13.1. The topological polar surface area (TPSA) is 47.6 Å². The molecule has 0 aliphatic carbocycles. The average Bonchev–Trinajstić information content (AvgIpc) is 3.00. The fourth-order valence-electron chi connectivity index (χ4n) is 4.08. The van der Waals surface area contributed by atoms with Crippen molar-refractivity contribution >= 4 is 0 Å². The van der Waals surface area contributed by atoms with Gasteiger partial charge in [-0.2, -0.15) is 10.5 Å². The Morgan fingerprint density at radius 1 is 0.400 bits per heavy atom. The van der Waals surface area contributed by atoms with Gasteiger partial charge in [0, 0.05) is 22.3 Å². The van der Waals surface area contributed by atoms with E-state index in [2.05, 4.69) is 35.8 Å². The molecular formula is C36H18F2N2. The minimum Gasteiger partial charge on any atom is -0.207 e. The highest BCUT2D eigenvalue weighted by atomic mass is 19.1. The zero-order valence-corrected chi connectivity index (χ0v) is 21.0.